The third-order valence-corrected chi connectivity index (χ3v) is 3.05. The fraction of sp³-hybridized carbons (Fsp3) is 0.692. The highest BCUT2D eigenvalue weighted by Gasteiger charge is 2.22. The van der Waals surface area contributed by atoms with Gasteiger partial charge in [0, 0.05) is 12.1 Å². The molecule has 0 aliphatic rings. The van der Waals surface area contributed by atoms with Crippen LogP contribution in [-0.2, 0) is 0 Å². The van der Waals surface area contributed by atoms with Crippen molar-refractivity contribution in [3.05, 3.63) is 16.5 Å². The van der Waals surface area contributed by atoms with Crippen molar-refractivity contribution in [3.63, 3.8) is 0 Å². The highest BCUT2D eigenvalue weighted by atomic mass is 35.5. The molecule has 0 spiro atoms. The molecular formula is C13H22ClN3O. The molecule has 1 aromatic heterocycles. The van der Waals surface area contributed by atoms with E-state index in [9.17, 15) is 5.11 Å². The summed E-state index contributed by atoms with van der Waals surface area (Å²) in [4.78, 5) is 8.38. The number of rotatable bonds is 5. The predicted octanol–water partition coefficient (Wildman–Crippen LogP) is 2.96. The molecule has 5 heteroatoms. The molecule has 2 N–H and O–H groups in total. The summed E-state index contributed by atoms with van der Waals surface area (Å²) >= 11 is 6.00. The summed E-state index contributed by atoms with van der Waals surface area (Å²) in [5, 5.41) is 13.8. The highest BCUT2D eigenvalue weighted by molar-refractivity contribution is 6.30. The minimum atomic E-state index is -0.758. The van der Waals surface area contributed by atoms with Gasteiger partial charge in [0.05, 0.1) is 5.60 Å². The molecule has 0 bridgehead atoms. The van der Waals surface area contributed by atoms with Crippen LogP contribution < -0.4 is 5.32 Å². The SMILES string of the molecule is Cc1nc(Cl)c(C)c(NCC(C)(O)CC(C)C)n1. The second kappa shape index (κ2) is 5.85. The second-order valence-electron chi connectivity index (χ2n) is 5.48. The van der Waals surface area contributed by atoms with Crippen molar-refractivity contribution in [3.8, 4) is 0 Å². The van der Waals surface area contributed by atoms with Crippen molar-refractivity contribution in [2.75, 3.05) is 11.9 Å². The van der Waals surface area contributed by atoms with Gasteiger partial charge in [-0.2, -0.15) is 0 Å². The van der Waals surface area contributed by atoms with Crippen molar-refractivity contribution in [2.24, 2.45) is 5.92 Å². The molecule has 0 fully saturated rings. The number of nitrogens with one attached hydrogen (secondary N) is 1. The molecule has 0 radical (unpaired) electrons. The van der Waals surface area contributed by atoms with Gasteiger partial charge in [-0.25, -0.2) is 9.97 Å². The monoisotopic (exact) mass is 271 g/mol. The van der Waals surface area contributed by atoms with Crippen molar-refractivity contribution < 1.29 is 5.11 Å². The Morgan fingerprint density at radius 1 is 1.33 bits per heavy atom. The van der Waals surface area contributed by atoms with Gasteiger partial charge in [-0.1, -0.05) is 25.4 Å². The van der Waals surface area contributed by atoms with Crippen LogP contribution in [0.25, 0.3) is 0 Å². The van der Waals surface area contributed by atoms with Crippen LogP contribution in [0.2, 0.25) is 5.15 Å². The summed E-state index contributed by atoms with van der Waals surface area (Å²) < 4.78 is 0. The van der Waals surface area contributed by atoms with Gasteiger partial charge in [-0.05, 0) is 33.1 Å². The summed E-state index contributed by atoms with van der Waals surface area (Å²) in [5.41, 5.74) is 0.0500. The van der Waals surface area contributed by atoms with Crippen LogP contribution in [-0.4, -0.2) is 27.2 Å². The lowest BCUT2D eigenvalue weighted by molar-refractivity contribution is 0.0514. The van der Waals surface area contributed by atoms with Crippen molar-refractivity contribution in [2.45, 2.75) is 46.6 Å². The van der Waals surface area contributed by atoms with Crippen molar-refractivity contribution in [1.82, 2.24) is 9.97 Å². The average molecular weight is 272 g/mol. The predicted molar refractivity (Wildman–Crippen MR) is 75.1 cm³/mol. The maximum absolute atomic E-state index is 10.2. The van der Waals surface area contributed by atoms with E-state index in [4.69, 9.17) is 11.6 Å². The van der Waals surface area contributed by atoms with E-state index >= 15 is 0 Å². The number of nitrogens with zero attached hydrogens (tertiary/aromatic N) is 2. The van der Waals surface area contributed by atoms with E-state index in [1.807, 2.05) is 13.8 Å². The van der Waals surface area contributed by atoms with Crippen LogP contribution >= 0.6 is 11.6 Å². The zero-order valence-electron chi connectivity index (χ0n) is 11.7. The van der Waals surface area contributed by atoms with Gasteiger partial charge in [0.2, 0.25) is 0 Å². The van der Waals surface area contributed by atoms with Crippen LogP contribution in [0.3, 0.4) is 0 Å². The van der Waals surface area contributed by atoms with Crippen LogP contribution in [0.4, 0.5) is 5.82 Å². The summed E-state index contributed by atoms with van der Waals surface area (Å²) in [6, 6.07) is 0. The smallest absolute Gasteiger partial charge is 0.137 e. The summed E-state index contributed by atoms with van der Waals surface area (Å²) in [6.07, 6.45) is 0.733. The lowest BCUT2D eigenvalue weighted by atomic mass is 9.94. The minimum absolute atomic E-state index is 0.443. The van der Waals surface area contributed by atoms with E-state index in [0.29, 0.717) is 29.3 Å². The summed E-state index contributed by atoms with van der Waals surface area (Å²) in [6.45, 7) is 10.1. The number of halogens is 1. The lowest BCUT2D eigenvalue weighted by Gasteiger charge is -2.26. The van der Waals surface area contributed by atoms with Gasteiger partial charge in [0.1, 0.15) is 16.8 Å². The number of anilines is 1. The molecule has 0 aliphatic heterocycles. The molecule has 18 heavy (non-hydrogen) atoms. The molecule has 0 saturated carbocycles. The van der Waals surface area contributed by atoms with Crippen molar-refractivity contribution >= 4 is 17.4 Å². The van der Waals surface area contributed by atoms with E-state index < -0.39 is 5.60 Å². The standard InChI is InChI=1S/C13H22ClN3O/c1-8(2)6-13(5,18)7-15-12-9(3)11(14)16-10(4)17-12/h8,18H,6-7H2,1-5H3,(H,15,16,17). The molecule has 1 rings (SSSR count). The quantitative estimate of drug-likeness (QED) is 0.809. The largest absolute Gasteiger partial charge is 0.388 e. The molecule has 0 aromatic carbocycles. The average Bonchev–Trinajstić information content (AvgIpc) is 2.19. The Balaban J connectivity index is 2.74. The zero-order chi connectivity index (χ0) is 13.9. The van der Waals surface area contributed by atoms with Gasteiger partial charge in [0.15, 0.2) is 0 Å². The maximum atomic E-state index is 10.2. The number of hydrogen-bond donors (Lipinski definition) is 2. The third-order valence-electron chi connectivity index (χ3n) is 2.68. The van der Waals surface area contributed by atoms with Gasteiger partial charge < -0.3 is 10.4 Å². The number of aliphatic hydroxyl groups is 1. The first-order valence-corrected chi connectivity index (χ1v) is 6.56. The number of aryl methyl sites for hydroxylation is 1. The lowest BCUT2D eigenvalue weighted by Crippen LogP contribution is -2.35. The van der Waals surface area contributed by atoms with Crippen LogP contribution in [0.1, 0.15) is 38.6 Å². The Hall–Kier alpha value is -0.870. The second-order valence-corrected chi connectivity index (χ2v) is 5.84. The Labute approximate surface area is 114 Å². The van der Waals surface area contributed by atoms with Gasteiger partial charge in [-0.3, -0.25) is 0 Å². The molecule has 1 heterocycles. The zero-order valence-corrected chi connectivity index (χ0v) is 12.5. The molecule has 0 saturated heterocycles. The minimum Gasteiger partial charge on any atom is -0.388 e. The third kappa shape index (κ3) is 4.42. The van der Waals surface area contributed by atoms with E-state index in [2.05, 4.69) is 29.1 Å². The molecule has 1 unspecified atom stereocenters. The number of aromatic nitrogens is 2. The molecule has 102 valence electrons. The first-order valence-electron chi connectivity index (χ1n) is 6.18. The van der Waals surface area contributed by atoms with Crippen molar-refractivity contribution in [1.29, 1.82) is 0 Å². The molecule has 0 aliphatic carbocycles. The van der Waals surface area contributed by atoms with E-state index in [0.717, 1.165) is 12.0 Å². The normalized spacial score (nSPS) is 14.7. The maximum Gasteiger partial charge on any atom is 0.137 e. The topological polar surface area (TPSA) is 58.0 Å². The van der Waals surface area contributed by atoms with E-state index in [1.165, 1.54) is 0 Å². The van der Waals surface area contributed by atoms with Crippen LogP contribution in [0.15, 0.2) is 0 Å². The Morgan fingerprint density at radius 3 is 2.50 bits per heavy atom. The van der Waals surface area contributed by atoms with E-state index in [1.54, 1.807) is 6.92 Å². The van der Waals surface area contributed by atoms with Gasteiger partial charge >= 0.3 is 0 Å². The van der Waals surface area contributed by atoms with Crippen LogP contribution in [0.5, 0.6) is 0 Å². The highest BCUT2D eigenvalue weighted by Crippen LogP contribution is 2.22. The van der Waals surface area contributed by atoms with Gasteiger partial charge in [-0.15, -0.1) is 0 Å². The summed E-state index contributed by atoms with van der Waals surface area (Å²) in [5.74, 6) is 1.76. The number of hydrogen-bond acceptors (Lipinski definition) is 4. The first-order chi connectivity index (χ1) is 8.21. The Morgan fingerprint density at radius 2 is 1.94 bits per heavy atom. The molecular weight excluding hydrogens is 250 g/mol. The van der Waals surface area contributed by atoms with E-state index in [-0.39, 0.29) is 0 Å². The van der Waals surface area contributed by atoms with Crippen LogP contribution in [0, 0.1) is 19.8 Å². The Kier molecular flexibility index (Phi) is 4.93. The fourth-order valence-corrected chi connectivity index (χ4v) is 2.20. The molecule has 4 nitrogen and oxygen atoms in total. The van der Waals surface area contributed by atoms with Gasteiger partial charge in [0.25, 0.3) is 0 Å². The Bertz CT molecular complexity index is 419. The molecule has 1 atom stereocenters. The molecule has 1 aromatic rings. The summed E-state index contributed by atoms with van der Waals surface area (Å²) in [7, 11) is 0. The first kappa shape index (κ1) is 15.2. The molecule has 0 amide bonds. The fourth-order valence-electron chi connectivity index (χ4n) is 1.99.